The molecule has 0 bridgehead atoms. The molecule has 2 nitrogen and oxygen atoms in total. The molecule has 0 aliphatic heterocycles. The van der Waals surface area contributed by atoms with Gasteiger partial charge >= 0.3 is 0 Å². The summed E-state index contributed by atoms with van der Waals surface area (Å²) in [5.74, 6) is 0. The molecule has 0 saturated heterocycles. The summed E-state index contributed by atoms with van der Waals surface area (Å²) < 4.78 is 0. The molecule has 0 fully saturated rings. The SMILES string of the molecule is CC(C)N.CC=O. The summed E-state index contributed by atoms with van der Waals surface area (Å²) >= 11 is 0. The second-order valence-electron chi connectivity index (χ2n) is 1.48. The number of nitrogens with two attached hydrogens (primary N) is 1. The van der Waals surface area contributed by atoms with E-state index in [9.17, 15) is 0 Å². The molecule has 0 spiro atoms. The van der Waals surface area contributed by atoms with E-state index in [1.807, 2.05) is 13.8 Å². The summed E-state index contributed by atoms with van der Waals surface area (Å²) in [6, 6.07) is 0.333. The van der Waals surface area contributed by atoms with Crippen LogP contribution < -0.4 is 5.73 Å². The minimum Gasteiger partial charge on any atom is -0.328 e. The fraction of sp³-hybridized carbons (Fsp3) is 0.800. The summed E-state index contributed by atoms with van der Waals surface area (Å²) in [5, 5.41) is 0. The zero-order valence-electron chi connectivity index (χ0n) is 5.14. The van der Waals surface area contributed by atoms with Crippen molar-refractivity contribution < 1.29 is 4.79 Å². The van der Waals surface area contributed by atoms with Crippen LogP contribution in [0.4, 0.5) is 0 Å². The van der Waals surface area contributed by atoms with E-state index in [1.54, 1.807) is 0 Å². The Balaban J connectivity index is 0. The normalized spacial score (nSPS) is 7.00. The first-order valence-corrected chi connectivity index (χ1v) is 2.30. The topological polar surface area (TPSA) is 43.1 Å². The van der Waals surface area contributed by atoms with Crippen molar-refractivity contribution in [3.05, 3.63) is 0 Å². The van der Waals surface area contributed by atoms with Gasteiger partial charge in [-0.15, -0.1) is 0 Å². The second-order valence-corrected chi connectivity index (χ2v) is 1.48. The predicted molar refractivity (Wildman–Crippen MR) is 31.1 cm³/mol. The van der Waals surface area contributed by atoms with Crippen molar-refractivity contribution >= 4 is 6.29 Å². The van der Waals surface area contributed by atoms with Gasteiger partial charge in [-0.3, -0.25) is 0 Å². The van der Waals surface area contributed by atoms with Crippen LogP contribution in [0.15, 0.2) is 0 Å². The maximum Gasteiger partial charge on any atom is 0.116 e. The number of rotatable bonds is 0. The van der Waals surface area contributed by atoms with Crippen molar-refractivity contribution in [3.8, 4) is 0 Å². The molecule has 0 saturated carbocycles. The largest absolute Gasteiger partial charge is 0.328 e. The van der Waals surface area contributed by atoms with Crippen LogP contribution in [0.2, 0.25) is 0 Å². The molecule has 0 aliphatic rings. The Kier molecular flexibility index (Phi) is 12.8. The Morgan fingerprint density at radius 1 is 1.57 bits per heavy atom. The molecule has 0 rings (SSSR count). The van der Waals surface area contributed by atoms with E-state index in [4.69, 9.17) is 10.5 Å². The molecule has 0 aliphatic carbocycles. The fourth-order valence-electron chi connectivity index (χ4n) is 0. The van der Waals surface area contributed by atoms with E-state index >= 15 is 0 Å². The van der Waals surface area contributed by atoms with E-state index < -0.39 is 0 Å². The number of hydrogen-bond acceptors (Lipinski definition) is 2. The molecular formula is C5H13NO. The van der Waals surface area contributed by atoms with Gasteiger partial charge in [-0.25, -0.2) is 0 Å². The van der Waals surface area contributed by atoms with Crippen molar-refractivity contribution in [2.75, 3.05) is 0 Å². The van der Waals surface area contributed by atoms with Gasteiger partial charge in [0.05, 0.1) is 0 Å². The van der Waals surface area contributed by atoms with Crippen LogP contribution in [0, 0.1) is 0 Å². The third-order valence-electron chi connectivity index (χ3n) is 0. The Labute approximate surface area is 44.7 Å². The van der Waals surface area contributed by atoms with Crippen molar-refractivity contribution in [1.82, 2.24) is 0 Å². The molecule has 44 valence electrons. The number of carbonyl (C=O) groups excluding carboxylic acids is 1. The summed E-state index contributed by atoms with van der Waals surface area (Å²) in [6.45, 7) is 5.33. The Bertz CT molecular complexity index is 32.3. The van der Waals surface area contributed by atoms with E-state index in [1.165, 1.54) is 6.92 Å². The summed E-state index contributed by atoms with van der Waals surface area (Å²) in [6.07, 6.45) is 0.750. The Morgan fingerprint density at radius 2 is 1.57 bits per heavy atom. The predicted octanol–water partition coefficient (Wildman–Crippen LogP) is 0.559. The van der Waals surface area contributed by atoms with E-state index in [0.29, 0.717) is 6.04 Å². The van der Waals surface area contributed by atoms with Gasteiger partial charge in [0.25, 0.3) is 0 Å². The molecule has 0 heterocycles. The number of carbonyl (C=O) groups is 1. The zero-order valence-corrected chi connectivity index (χ0v) is 5.14. The highest BCUT2D eigenvalue weighted by Gasteiger charge is 1.67. The standard InChI is InChI=1S/C3H9N.C2H4O/c1-3(2)4;1-2-3/h3H,4H2,1-2H3;2H,1H3. The molecule has 0 aromatic heterocycles. The molecule has 0 atom stereocenters. The van der Waals surface area contributed by atoms with Gasteiger partial charge in [0, 0.05) is 0 Å². The first-order valence-electron chi connectivity index (χ1n) is 2.30. The van der Waals surface area contributed by atoms with Crippen molar-refractivity contribution in [2.45, 2.75) is 26.8 Å². The van der Waals surface area contributed by atoms with Crippen LogP contribution in [-0.2, 0) is 4.79 Å². The lowest BCUT2D eigenvalue weighted by atomic mass is 10.5. The van der Waals surface area contributed by atoms with Gasteiger partial charge in [-0.2, -0.15) is 0 Å². The first kappa shape index (κ1) is 9.80. The van der Waals surface area contributed by atoms with Crippen LogP contribution in [-0.4, -0.2) is 12.3 Å². The van der Waals surface area contributed by atoms with Crippen molar-refractivity contribution in [1.29, 1.82) is 0 Å². The lowest BCUT2D eigenvalue weighted by molar-refractivity contribution is -0.106. The molecule has 0 radical (unpaired) electrons. The van der Waals surface area contributed by atoms with Gasteiger partial charge in [0.15, 0.2) is 0 Å². The molecular weight excluding hydrogens is 90.1 g/mol. The van der Waals surface area contributed by atoms with Gasteiger partial charge < -0.3 is 10.5 Å². The summed E-state index contributed by atoms with van der Waals surface area (Å²) in [7, 11) is 0. The van der Waals surface area contributed by atoms with Crippen LogP contribution >= 0.6 is 0 Å². The Morgan fingerprint density at radius 3 is 1.57 bits per heavy atom. The smallest absolute Gasteiger partial charge is 0.116 e. The fourth-order valence-corrected chi connectivity index (χ4v) is 0. The molecule has 0 aromatic rings. The molecule has 0 unspecified atom stereocenters. The first-order chi connectivity index (χ1) is 3.15. The average Bonchev–Trinajstić information content (AvgIpc) is 1.33. The van der Waals surface area contributed by atoms with Crippen LogP contribution in [0.5, 0.6) is 0 Å². The summed E-state index contributed by atoms with van der Waals surface area (Å²) in [5.41, 5.74) is 5.11. The Hall–Kier alpha value is -0.370. The lowest BCUT2D eigenvalue weighted by Crippen LogP contribution is -2.06. The molecule has 2 heteroatoms. The van der Waals surface area contributed by atoms with Crippen LogP contribution in [0.1, 0.15) is 20.8 Å². The van der Waals surface area contributed by atoms with E-state index in [-0.39, 0.29) is 0 Å². The number of aldehydes is 1. The molecule has 0 amide bonds. The maximum atomic E-state index is 8.81. The third kappa shape index (κ3) is 542. The second kappa shape index (κ2) is 9.16. The monoisotopic (exact) mass is 103 g/mol. The molecule has 2 N–H and O–H groups in total. The van der Waals surface area contributed by atoms with Gasteiger partial charge in [-0.05, 0) is 13.0 Å². The van der Waals surface area contributed by atoms with Crippen molar-refractivity contribution in [3.63, 3.8) is 0 Å². The quantitative estimate of drug-likeness (QED) is 0.455. The van der Waals surface area contributed by atoms with Crippen molar-refractivity contribution in [2.24, 2.45) is 5.73 Å². The van der Waals surface area contributed by atoms with Gasteiger partial charge in [-0.1, -0.05) is 13.8 Å². The lowest BCUT2D eigenvalue weighted by Gasteiger charge is -1.81. The third-order valence-corrected chi connectivity index (χ3v) is 0. The molecule has 7 heavy (non-hydrogen) atoms. The highest BCUT2D eigenvalue weighted by Crippen LogP contribution is 1.58. The molecule has 0 aromatic carbocycles. The highest BCUT2D eigenvalue weighted by molar-refractivity contribution is 5.44. The zero-order chi connectivity index (χ0) is 6.28. The average molecular weight is 103 g/mol. The minimum atomic E-state index is 0.333. The van der Waals surface area contributed by atoms with E-state index in [2.05, 4.69) is 0 Å². The minimum absolute atomic E-state index is 0.333. The van der Waals surface area contributed by atoms with Crippen LogP contribution in [0.25, 0.3) is 0 Å². The highest BCUT2D eigenvalue weighted by atomic mass is 16.1. The van der Waals surface area contributed by atoms with E-state index in [0.717, 1.165) is 6.29 Å². The van der Waals surface area contributed by atoms with Crippen LogP contribution in [0.3, 0.4) is 0 Å². The summed E-state index contributed by atoms with van der Waals surface area (Å²) in [4.78, 5) is 8.81. The maximum absolute atomic E-state index is 8.81. The van der Waals surface area contributed by atoms with Gasteiger partial charge in [0.2, 0.25) is 0 Å². The van der Waals surface area contributed by atoms with Gasteiger partial charge in [0.1, 0.15) is 6.29 Å². The number of hydrogen-bond donors (Lipinski definition) is 1.